The maximum Gasteiger partial charge on any atom is 0.270 e. The summed E-state index contributed by atoms with van der Waals surface area (Å²) in [5.74, 6) is 0. The van der Waals surface area contributed by atoms with Gasteiger partial charge in [0, 0.05) is 30.2 Å². The van der Waals surface area contributed by atoms with Crippen LogP contribution >= 0.6 is 11.6 Å². The zero-order valence-electron chi connectivity index (χ0n) is 15.3. The highest BCUT2D eigenvalue weighted by molar-refractivity contribution is 7.89. The van der Waals surface area contributed by atoms with E-state index in [1.54, 1.807) is 24.3 Å². The number of aliphatic hydroxyl groups is 1. The Kier molecular flexibility index (Phi) is 6.70. The Morgan fingerprint density at radius 1 is 1.24 bits per heavy atom. The maximum absolute atomic E-state index is 13.2. The van der Waals surface area contributed by atoms with Gasteiger partial charge in [-0.2, -0.15) is 4.31 Å². The molecule has 0 radical (unpaired) electrons. The molecule has 0 amide bonds. The fraction of sp³-hybridized carbons (Fsp3) is 0.333. The van der Waals surface area contributed by atoms with Crippen LogP contribution in [0.3, 0.4) is 0 Å². The summed E-state index contributed by atoms with van der Waals surface area (Å²) in [6.45, 7) is 0.468. The van der Waals surface area contributed by atoms with Crippen LogP contribution in [0.1, 0.15) is 11.6 Å². The largest absolute Gasteiger partial charge is 0.394 e. The molecule has 0 aliphatic carbocycles. The van der Waals surface area contributed by atoms with Crippen molar-refractivity contribution in [2.75, 3.05) is 38.2 Å². The monoisotopic (exact) mass is 441 g/mol. The summed E-state index contributed by atoms with van der Waals surface area (Å²) >= 11 is 6.01. The Labute approximate surface area is 173 Å². The Morgan fingerprint density at radius 3 is 2.59 bits per heavy atom. The zero-order valence-corrected chi connectivity index (χ0v) is 16.9. The molecule has 0 aromatic heterocycles. The van der Waals surface area contributed by atoms with Gasteiger partial charge in [-0.25, -0.2) is 8.42 Å². The van der Waals surface area contributed by atoms with Gasteiger partial charge in [0.2, 0.25) is 10.0 Å². The standard InChI is InChI=1S/C18H20ClN3O6S/c19-14-3-1-2-13(10-14)17(12-23)20-16-5-4-15(22(24)25)11-18(16)29(26,27)21-6-8-28-9-7-21/h1-5,10-11,17,20,23H,6-9,12H2/t17-/m1/s1. The van der Waals surface area contributed by atoms with Crippen molar-refractivity contribution in [1.29, 1.82) is 0 Å². The van der Waals surface area contributed by atoms with Crippen molar-refractivity contribution in [3.8, 4) is 0 Å². The van der Waals surface area contributed by atoms with E-state index >= 15 is 0 Å². The number of hydrogen-bond acceptors (Lipinski definition) is 7. The number of morpholine rings is 1. The molecule has 11 heteroatoms. The van der Waals surface area contributed by atoms with Crippen LogP contribution in [0.15, 0.2) is 47.4 Å². The quantitative estimate of drug-likeness (QED) is 0.499. The maximum atomic E-state index is 13.2. The first-order valence-electron chi connectivity index (χ1n) is 8.82. The molecule has 0 saturated carbocycles. The smallest absolute Gasteiger partial charge is 0.270 e. The molecule has 2 aromatic carbocycles. The summed E-state index contributed by atoms with van der Waals surface area (Å²) in [6, 6.07) is 9.70. The number of halogens is 1. The molecule has 1 saturated heterocycles. The second-order valence-electron chi connectivity index (χ2n) is 6.39. The summed E-state index contributed by atoms with van der Waals surface area (Å²) in [4.78, 5) is 10.3. The molecular formula is C18H20ClN3O6S. The lowest BCUT2D eigenvalue weighted by Crippen LogP contribution is -2.40. The van der Waals surface area contributed by atoms with Crippen LogP contribution in [-0.4, -0.2) is 55.7 Å². The van der Waals surface area contributed by atoms with Gasteiger partial charge in [0.15, 0.2) is 0 Å². The molecule has 1 heterocycles. The van der Waals surface area contributed by atoms with Gasteiger partial charge < -0.3 is 15.2 Å². The normalized spacial score (nSPS) is 16.3. The Bertz CT molecular complexity index is 995. The van der Waals surface area contributed by atoms with Crippen LogP contribution in [0, 0.1) is 10.1 Å². The molecular weight excluding hydrogens is 422 g/mol. The molecule has 0 spiro atoms. The first-order chi connectivity index (χ1) is 13.8. The molecule has 0 unspecified atom stereocenters. The second kappa shape index (κ2) is 9.06. The number of aliphatic hydroxyl groups excluding tert-OH is 1. The van der Waals surface area contributed by atoms with Crippen molar-refractivity contribution >= 4 is 33.0 Å². The molecule has 29 heavy (non-hydrogen) atoms. The molecule has 1 atom stereocenters. The van der Waals surface area contributed by atoms with E-state index in [1.165, 1.54) is 16.4 Å². The lowest BCUT2D eigenvalue weighted by Gasteiger charge is -2.28. The summed E-state index contributed by atoms with van der Waals surface area (Å²) in [7, 11) is -4.01. The van der Waals surface area contributed by atoms with E-state index in [-0.39, 0.29) is 49.2 Å². The van der Waals surface area contributed by atoms with E-state index in [9.17, 15) is 23.6 Å². The van der Waals surface area contributed by atoms with Crippen molar-refractivity contribution < 1.29 is 23.2 Å². The molecule has 9 nitrogen and oxygen atoms in total. The minimum atomic E-state index is -4.01. The highest BCUT2D eigenvalue weighted by atomic mass is 35.5. The summed E-state index contributed by atoms with van der Waals surface area (Å²) in [5, 5.41) is 24.5. The van der Waals surface area contributed by atoms with Gasteiger partial charge in [-0.3, -0.25) is 10.1 Å². The van der Waals surface area contributed by atoms with Crippen LogP contribution in [-0.2, 0) is 14.8 Å². The van der Waals surface area contributed by atoms with E-state index in [0.29, 0.717) is 10.6 Å². The molecule has 1 fully saturated rings. The van der Waals surface area contributed by atoms with Crippen molar-refractivity contribution in [3.63, 3.8) is 0 Å². The van der Waals surface area contributed by atoms with E-state index in [1.807, 2.05) is 0 Å². The van der Waals surface area contributed by atoms with Crippen molar-refractivity contribution in [3.05, 3.63) is 63.2 Å². The van der Waals surface area contributed by atoms with Gasteiger partial charge in [-0.1, -0.05) is 23.7 Å². The Morgan fingerprint density at radius 2 is 1.97 bits per heavy atom. The van der Waals surface area contributed by atoms with Gasteiger partial charge >= 0.3 is 0 Å². The molecule has 1 aliphatic heterocycles. The Balaban J connectivity index is 2.02. The fourth-order valence-electron chi connectivity index (χ4n) is 3.03. The highest BCUT2D eigenvalue weighted by Gasteiger charge is 2.31. The van der Waals surface area contributed by atoms with Crippen molar-refractivity contribution in [2.24, 2.45) is 0 Å². The number of sulfonamides is 1. The molecule has 156 valence electrons. The van der Waals surface area contributed by atoms with Crippen LogP contribution in [0.5, 0.6) is 0 Å². The molecule has 1 aliphatic rings. The number of non-ortho nitro benzene ring substituents is 1. The summed E-state index contributed by atoms with van der Waals surface area (Å²) in [6.07, 6.45) is 0. The van der Waals surface area contributed by atoms with Gasteiger partial charge in [0.1, 0.15) is 4.90 Å². The molecule has 0 bridgehead atoms. The third-order valence-corrected chi connectivity index (χ3v) is 6.70. The van der Waals surface area contributed by atoms with E-state index in [2.05, 4.69) is 5.32 Å². The SMILES string of the molecule is O=[N+]([O-])c1ccc(N[C@H](CO)c2cccc(Cl)c2)c(S(=O)(=O)N2CCOCC2)c1. The number of hydrogen-bond donors (Lipinski definition) is 2. The highest BCUT2D eigenvalue weighted by Crippen LogP contribution is 2.32. The average Bonchev–Trinajstić information content (AvgIpc) is 2.72. The van der Waals surface area contributed by atoms with E-state index in [4.69, 9.17) is 16.3 Å². The van der Waals surface area contributed by atoms with Crippen LogP contribution in [0.25, 0.3) is 0 Å². The topological polar surface area (TPSA) is 122 Å². The van der Waals surface area contributed by atoms with Gasteiger partial charge in [0.25, 0.3) is 5.69 Å². The minimum absolute atomic E-state index is 0.154. The number of benzene rings is 2. The average molecular weight is 442 g/mol. The number of nitro groups is 1. The van der Waals surface area contributed by atoms with Crippen LogP contribution in [0.4, 0.5) is 11.4 Å². The van der Waals surface area contributed by atoms with Crippen molar-refractivity contribution in [1.82, 2.24) is 4.31 Å². The number of nitro benzene ring substituents is 1. The minimum Gasteiger partial charge on any atom is -0.394 e. The van der Waals surface area contributed by atoms with Crippen LogP contribution in [0.2, 0.25) is 5.02 Å². The third-order valence-electron chi connectivity index (χ3n) is 4.53. The molecule has 2 N–H and O–H groups in total. The number of nitrogens with zero attached hydrogens (tertiary/aromatic N) is 2. The van der Waals surface area contributed by atoms with E-state index < -0.39 is 21.0 Å². The number of rotatable bonds is 7. The lowest BCUT2D eigenvalue weighted by molar-refractivity contribution is -0.385. The molecule has 3 rings (SSSR count). The summed E-state index contributed by atoms with van der Waals surface area (Å²) < 4.78 is 32.8. The first kappa shape index (κ1) is 21.5. The third kappa shape index (κ3) is 4.85. The first-order valence-corrected chi connectivity index (χ1v) is 10.6. The zero-order chi connectivity index (χ0) is 21.0. The van der Waals surface area contributed by atoms with E-state index in [0.717, 1.165) is 6.07 Å². The fourth-order valence-corrected chi connectivity index (χ4v) is 4.81. The van der Waals surface area contributed by atoms with Gasteiger partial charge in [-0.05, 0) is 23.8 Å². The number of ether oxygens (including phenoxy) is 1. The number of nitrogens with one attached hydrogen (secondary N) is 1. The molecule has 2 aromatic rings. The second-order valence-corrected chi connectivity index (χ2v) is 8.73. The van der Waals surface area contributed by atoms with Gasteiger partial charge in [0.05, 0.1) is 36.5 Å². The van der Waals surface area contributed by atoms with Gasteiger partial charge in [-0.15, -0.1) is 0 Å². The predicted molar refractivity (Wildman–Crippen MR) is 108 cm³/mol. The Hall–Kier alpha value is -2.24. The summed E-state index contributed by atoms with van der Waals surface area (Å²) in [5.41, 5.74) is 0.458. The lowest BCUT2D eigenvalue weighted by atomic mass is 10.1. The van der Waals surface area contributed by atoms with Crippen LogP contribution < -0.4 is 5.32 Å². The predicted octanol–water partition coefficient (Wildman–Crippen LogP) is 2.41. The van der Waals surface area contributed by atoms with Crippen molar-refractivity contribution in [2.45, 2.75) is 10.9 Å². The number of anilines is 1.